The van der Waals surface area contributed by atoms with E-state index >= 15 is 0 Å². The molecule has 0 aliphatic carbocycles. The molecule has 1 saturated heterocycles. The highest BCUT2D eigenvalue weighted by atomic mass is 16.5. The number of hydrogen-bond donors (Lipinski definition) is 1. The number of carbonyl (C=O) groups excluding carboxylic acids is 1. The first-order chi connectivity index (χ1) is 16.1. The number of aromatic nitrogens is 2. The number of ether oxygens (including phenoxy) is 1. The van der Waals surface area contributed by atoms with E-state index < -0.39 is 0 Å². The summed E-state index contributed by atoms with van der Waals surface area (Å²) in [5.74, 6) is 0.798. The summed E-state index contributed by atoms with van der Waals surface area (Å²) in [6.45, 7) is 5.66. The van der Waals surface area contributed by atoms with Crippen LogP contribution in [0.15, 0.2) is 53.3 Å². The summed E-state index contributed by atoms with van der Waals surface area (Å²) >= 11 is 0. The number of para-hydroxylation sites is 3. The minimum atomic E-state index is -0.0479. The summed E-state index contributed by atoms with van der Waals surface area (Å²) < 4.78 is 9.12. The van der Waals surface area contributed by atoms with Crippen LogP contribution < -0.4 is 15.7 Å². The standard InChI is InChI=1S/C26H34N4O3/c1-3-15-29-21-11-5-6-12-22(21)30(26(29)32)18-14-25(31)27-19-23(28-16-8-9-17-28)20-10-4-7-13-24(20)33-2/h4-7,10-13,23H,3,8-9,14-19H2,1-2H3,(H,27,31)/t23-/m0/s1. The maximum absolute atomic E-state index is 13.0. The van der Waals surface area contributed by atoms with Crippen LogP contribution in [0, 0.1) is 0 Å². The predicted molar refractivity (Wildman–Crippen MR) is 131 cm³/mol. The Kier molecular flexibility index (Phi) is 7.50. The molecule has 1 aliphatic heterocycles. The molecule has 2 aromatic carbocycles. The van der Waals surface area contributed by atoms with Crippen LogP contribution in [0.25, 0.3) is 11.0 Å². The summed E-state index contributed by atoms with van der Waals surface area (Å²) in [5, 5.41) is 3.12. The van der Waals surface area contributed by atoms with E-state index in [1.807, 2.05) is 42.5 Å². The lowest BCUT2D eigenvalue weighted by Gasteiger charge is -2.29. The molecule has 0 saturated carbocycles. The Morgan fingerprint density at radius 3 is 2.30 bits per heavy atom. The van der Waals surface area contributed by atoms with Crippen LogP contribution in [-0.2, 0) is 17.9 Å². The fourth-order valence-electron chi connectivity index (χ4n) is 4.87. The number of imidazole rings is 1. The topological polar surface area (TPSA) is 68.5 Å². The Labute approximate surface area is 195 Å². The largest absolute Gasteiger partial charge is 0.496 e. The molecule has 176 valence electrons. The van der Waals surface area contributed by atoms with Gasteiger partial charge in [-0.2, -0.15) is 0 Å². The third kappa shape index (κ3) is 4.98. The van der Waals surface area contributed by atoms with Crippen molar-refractivity contribution in [1.29, 1.82) is 0 Å². The van der Waals surface area contributed by atoms with E-state index in [-0.39, 0.29) is 24.1 Å². The molecule has 33 heavy (non-hydrogen) atoms. The number of likely N-dealkylation sites (tertiary alicyclic amines) is 1. The number of nitrogens with zero attached hydrogens (tertiary/aromatic N) is 3. The van der Waals surface area contributed by atoms with Crippen LogP contribution in [0.4, 0.5) is 0 Å². The molecule has 1 atom stereocenters. The Hall–Kier alpha value is -3.06. The molecule has 0 radical (unpaired) electrons. The van der Waals surface area contributed by atoms with E-state index in [9.17, 15) is 9.59 Å². The molecule has 0 unspecified atom stereocenters. The fourth-order valence-corrected chi connectivity index (χ4v) is 4.87. The Bertz CT molecular complexity index is 1140. The Balaban J connectivity index is 1.45. The van der Waals surface area contributed by atoms with Gasteiger partial charge in [0.05, 0.1) is 24.2 Å². The van der Waals surface area contributed by atoms with Gasteiger partial charge in [-0.1, -0.05) is 37.3 Å². The second kappa shape index (κ2) is 10.7. The van der Waals surface area contributed by atoms with Gasteiger partial charge in [-0.05, 0) is 50.6 Å². The highest BCUT2D eigenvalue weighted by molar-refractivity contribution is 5.78. The van der Waals surface area contributed by atoms with Crippen LogP contribution in [0.1, 0.15) is 44.2 Å². The zero-order valence-electron chi connectivity index (χ0n) is 19.6. The molecule has 1 aromatic heterocycles. The van der Waals surface area contributed by atoms with Crippen molar-refractivity contribution >= 4 is 16.9 Å². The molecule has 1 amide bonds. The lowest BCUT2D eigenvalue weighted by molar-refractivity contribution is -0.121. The minimum absolute atomic E-state index is 0.0465. The van der Waals surface area contributed by atoms with Gasteiger partial charge in [0.2, 0.25) is 5.91 Å². The first-order valence-corrected chi connectivity index (χ1v) is 12.0. The molecule has 0 spiro atoms. The number of fused-ring (bicyclic) bond motifs is 1. The number of rotatable bonds is 10. The molecule has 7 heteroatoms. The summed E-state index contributed by atoms with van der Waals surface area (Å²) in [7, 11) is 1.69. The zero-order valence-corrected chi connectivity index (χ0v) is 19.6. The summed E-state index contributed by atoms with van der Waals surface area (Å²) in [6.07, 6.45) is 3.49. The van der Waals surface area contributed by atoms with Crippen LogP contribution in [-0.4, -0.2) is 46.7 Å². The molecule has 1 N–H and O–H groups in total. The van der Waals surface area contributed by atoms with Gasteiger partial charge in [0, 0.05) is 31.6 Å². The van der Waals surface area contributed by atoms with Crippen LogP contribution in [0.5, 0.6) is 5.75 Å². The van der Waals surface area contributed by atoms with Crippen molar-refractivity contribution in [2.45, 2.75) is 51.7 Å². The van der Waals surface area contributed by atoms with Crippen molar-refractivity contribution < 1.29 is 9.53 Å². The van der Waals surface area contributed by atoms with E-state index in [0.717, 1.165) is 41.9 Å². The van der Waals surface area contributed by atoms with Crippen LogP contribution in [0.2, 0.25) is 0 Å². The molecule has 7 nitrogen and oxygen atoms in total. The SMILES string of the molecule is CCCn1c(=O)n(CCC(=O)NC[C@@H](c2ccccc2OC)N2CCCC2)c2ccccc21. The van der Waals surface area contributed by atoms with E-state index in [2.05, 4.69) is 23.2 Å². The number of benzene rings is 2. The maximum atomic E-state index is 13.0. The van der Waals surface area contributed by atoms with Gasteiger partial charge in [0.25, 0.3) is 0 Å². The number of hydrogen-bond acceptors (Lipinski definition) is 4. The van der Waals surface area contributed by atoms with Crippen molar-refractivity contribution in [3.8, 4) is 5.75 Å². The third-order valence-electron chi connectivity index (χ3n) is 6.51. The van der Waals surface area contributed by atoms with Crippen molar-refractivity contribution in [3.63, 3.8) is 0 Å². The minimum Gasteiger partial charge on any atom is -0.496 e. The number of nitrogens with one attached hydrogen (secondary N) is 1. The van der Waals surface area contributed by atoms with Crippen molar-refractivity contribution in [3.05, 3.63) is 64.6 Å². The average Bonchev–Trinajstić information content (AvgIpc) is 3.46. The third-order valence-corrected chi connectivity index (χ3v) is 6.51. The number of aryl methyl sites for hydroxylation is 2. The normalized spacial score (nSPS) is 15.1. The van der Waals surface area contributed by atoms with Gasteiger partial charge in [0.1, 0.15) is 5.75 Å². The molecule has 0 bridgehead atoms. The second-order valence-corrected chi connectivity index (χ2v) is 8.63. The van der Waals surface area contributed by atoms with Crippen molar-refractivity contribution in [2.24, 2.45) is 0 Å². The zero-order chi connectivity index (χ0) is 23.2. The highest BCUT2D eigenvalue weighted by Crippen LogP contribution is 2.31. The van der Waals surface area contributed by atoms with Gasteiger partial charge >= 0.3 is 5.69 Å². The fraction of sp³-hybridized carbons (Fsp3) is 0.462. The molecule has 4 rings (SSSR count). The van der Waals surface area contributed by atoms with Gasteiger partial charge < -0.3 is 10.1 Å². The first-order valence-electron chi connectivity index (χ1n) is 12.0. The van der Waals surface area contributed by atoms with Crippen LogP contribution in [0.3, 0.4) is 0 Å². The number of amides is 1. The summed E-state index contributed by atoms with van der Waals surface area (Å²) in [4.78, 5) is 28.2. The number of carbonyl (C=O) groups is 1. The molecular weight excluding hydrogens is 416 g/mol. The highest BCUT2D eigenvalue weighted by Gasteiger charge is 2.26. The van der Waals surface area contributed by atoms with E-state index in [0.29, 0.717) is 19.6 Å². The molecular formula is C26H34N4O3. The molecule has 1 aliphatic rings. The lowest BCUT2D eigenvalue weighted by atomic mass is 10.0. The smallest absolute Gasteiger partial charge is 0.329 e. The van der Waals surface area contributed by atoms with Gasteiger partial charge in [0.15, 0.2) is 0 Å². The van der Waals surface area contributed by atoms with Crippen molar-refractivity contribution in [1.82, 2.24) is 19.4 Å². The Morgan fingerprint density at radius 2 is 1.64 bits per heavy atom. The predicted octanol–water partition coefficient (Wildman–Crippen LogP) is 3.57. The molecule has 1 fully saturated rings. The quantitative estimate of drug-likeness (QED) is 0.513. The molecule has 2 heterocycles. The van der Waals surface area contributed by atoms with Crippen LogP contribution >= 0.6 is 0 Å². The second-order valence-electron chi connectivity index (χ2n) is 8.63. The van der Waals surface area contributed by atoms with Gasteiger partial charge in [-0.3, -0.25) is 18.8 Å². The molecule has 3 aromatic rings. The number of methoxy groups -OCH3 is 1. The summed E-state index contributed by atoms with van der Waals surface area (Å²) in [6, 6.07) is 15.9. The maximum Gasteiger partial charge on any atom is 0.329 e. The average molecular weight is 451 g/mol. The van der Waals surface area contributed by atoms with E-state index in [1.165, 1.54) is 12.8 Å². The lowest BCUT2D eigenvalue weighted by Crippen LogP contribution is -2.37. The summed E-state index contributed by atoms with van der Waals surface area (Å²) in [5.41, 5.74) is 2.86. The van der Waals surface area contributed by atoms with Gasteiger partial charge in [-0.25, -0.2) is 4.79 Å². The first kappa shape index (κ1) is 23.1. The Morgan fingerprint density at radius 1 is 1.00 bits per heavy atom. The van der Waals surface area contributed by atoms with Gasteiger partial charge in [-0.15, -0.1) is 0 Å². The van der Waals surface area contributed by atoms with E-state index in [4.69, 9.17) is 4.74 Å². The van der Waals surface area contributed by atoms with Crippen molar-refractivity contribution in [2.75, 3.05) is 26.7 Å². The van der Waals surface area contributed by atoms with E-state index in [1.54, 1.807) is 16.2 Å². The monoisotopic (exact) mass is 450 g/mol.